The highest BCUT2D eigenvalue weighted by atomic mass is 16.2. The minimum atomic E-state index is -0.463. The molecule has 1 aromatic rings. The molecule has 0 aromatic carbocycles. The minimum Gasteiger partial charge on any atom is -0.395 e. The Morgan fingerprint density at radius 2 is 2.12 bits per heavy atom. The number of hydrogen-bond acceptors (Lipinski definition) is 4. The second kappa shape index (κ2) is 4.65. The van der Waals surface area contributed by atoms with E-state index < -0.39 is 5.91 Å². The molecule has 1 rings (SSSR count). The van der Waals surface area contributed by atoms with Gasteiger partial charge in [0.2, 0.25) is 5.91 Å². The first kappa shape index (κ1) is 12.0. The quantitative estimate of drug-likeness (QED) is 0.604. The van der Waals surface area contributed by atoms with E-state index in [1.54, 1.807) is 14.0 Å². The van der Waals surface area contributed by atoms with Crippen molar-refractivity contribution in [3.8, 4) is 0 Å². The number of rotatable bonds is 4. The zero-order valence-corrected chi connectivity index (χ0v) is 9.28. The summed E-state index contributed by atoms with van der Waals surface area (Å²) < 4.78 is 1.41. The van der Waals surface area contributed by atoms with E-state index in [-0.39, 0.29) is 18.9 Å². The SMILES string of the molecule is Cc1nn(C)c(C(=O)NCCC(N)=O)c1N. The molecule has 0 radical (unpaired) electrons. The lowest BCUT2D eigenvalue weighted by atomic mass is 10.3. The van der Waals surface area contributed by atoms with Crippen LogP contribution in [0.2, 0.25) is 0 Å². The van der Waals surface area contributed by atoms with Crippen LogP contribution in [0.5, 0.6) is 0 Å². The van der Waals surface area contributed by atoms with Crippen LogP contribution in [0.25, 0.3) is 0 Å². The van der Waals surface area contributed by atoms with Crippen molar-refractivity contribution in [1.82, 2.24) is 15.1 Å². The molecule has 0 aliphatic heterocycles. The van der Waals surface area contributed by atoms with Crippen LogP contribution in [-0.2, 0) is 11.8 Å². The minimum absolute atomic E-state index is 0.0997. The standard InChI is InChI=1S/C9H15N5O2/c1-5-7(11)8(14(2)13-5)9(16)12-4-3-6(10)15/h3-4,11H2,1-2H3,(H2,10,15)(H,12,16). The maximum Gasteiger partial charge on any atom is 0.271 e. The topological polar surface area (TPSA) is 116 Å². The summed E-state index contributed by atoms with van der Waals surface area (Å²) in [5.41, 5.74) is 11.9. The molecule has 16 heavy (non-hydrogen) atoms. The van der Waals surface area contributed by atoms with E-state index in [1.165, 1.54) is 4.68 Å². The molecule has 0 atom stereocenters. The van der Waals surface area contributed by atoms with E-state index in [0.717, 1.165) is 0 Å². The maximum absolute atomic E-state index is 11.7. The summed E-state index contributed by atoms with van der Waals surface area (Å²) in [5, 5.41) is 6.56. The number of amides is 2. The van der Waals surface area contributed by atoms with Crippen LogP contribution >= 0.6 is 0 Å². The first-order valence-corrected chi connectivity index (χ1v) is 4.79. The number of carbonyl (C=O) groups excluding carboxylic acids is 2. The summed E-state index contributed by atoms with van der Waals surface area (Å²) in [6.07, 6.45) is 0.0997. The first-order valence-electron chi connectivity index (χ1n) is 4.79. The highest BCUT2D eigenvalue weighted by Crippen LogP contribution is 2.14. The second-order valence-electron chi connectivity index (χ2n) is 3.44. The fraction of sp³-hybridized carbons (Fsp3) is 0.444. The lowest BCUT2D eigenvalue weighted by Crippen LogP contribution is -2.29. The number of aromatic nitrogens is 2. The fourth-order valence-electron chi connectivity index (χ4n) is 1.33. The van der Waals surface area contributed by atoms with Gasteiger partial charge in [0, 0.05) is 20.0 Å². The van der Waals surface area contributed by atoms with E-state index in [1.807, 2.05) is 0 Å². The molecule has 0 spiro atoms. The molecule has 0 saturated carbocycles. The van der Waals surface area contributed by atoms with Crippen LogP contribution in [0.3, 0.4) is 0 Å². The van der Waals surface area contributed by atoms with Crippen LogP contribution in [0, 0.1) is 6.92 Å². The van der Waals surface area contributed by atoms with Crippen molar-refractivity contribution in [2.24, 2.45) is 12.8 Å². The highest BCUT2D eigenvalue weighted by Gasteiger charge is 2.17. The molecule has 0 aliphatic rings. The van der Waals surface area contributed by atoms with Gasteiger partial charge in [-0.2, -0.15) is 5.10 Å². The van der Waals surface area contributed by atoms with Gasteiger partial charge in [-0.05, 0) is 6.92 Å². The van der Waals surface area contributed by atoms with Crippen LogP contribution in [-0.4, -0.2) is 28.1 Å². The smallest absolute Gasteiger partial charge is 0.271 e. The third-order valence-corrected chi connectivity index (χ3v) is 2.14. The van der Waals surface area contributed by atoms with E-state index in [9.17, 15) is 9.59 Å². The molecule has 7 nitrogen and oxygen atoms in total. The largest absolute Gasteiger partial charge is 0.395 e. The predicted molar refractivity (Wildman–Crippen MR) is 58.5 cm³/mol. The summed E-state index contributed by atoms with van der Waals surface area (Å²) in [6, 6.07) is 0. The van der Waals surface area contributed by atoms with E-state index in [0.29, 0.717) is 17.1 Å². The Morgan fingerprint density at radius 1 is 1.50 bits per heavy atom. The number of nitrogens with two attached hydrogens (primary N) is 2. The number of nitrogens with zero attached hydrogens (tertiary/aromatic N) is 2. The summed E-state index contributed by atoms with van der Waals surface area (Å²) in [6.45, 7) is 1.91. The molecular formula is C9H15N5O2. The molecule has 88 valence electrons. The number of nitrogen functional groups attached to an aromatic ring is 1. The number of nitrogens with one attached hydrogen (secondary N) is 1. The third-order valence-electron chi connectivity index (χ3n) is 2.14. The van der Waals surface area contributed by atoms with Gasteiger partial charge in [-0.25, -0.2) is 0 Å². The number of hydrogen-bond donors (Lipinski definition) is 3. The van der Waals surface area contributed by atoms with Crippen molar-refractivity contribution in [2.45, 2.75) is 13.3 Å². The Labute approximate surface area is 92.8 Å². The van der Waals surface area contributed by atoms with Gasteiger partial charge in [-0.1, -0.05) is 0 Å². The number of aryl methyl sites for hydroxylation is 2. The highest BCUT2D eigenvalue weighted by molar-refractivity contribution is 5.98. The monoisotopic (exact) mass is 225 g/mol. The Morgan fingerprint density at radius 3 is 2.56 bits per heavy atom. The summed E-state index contributed by atoms with van der Waals surface area (Å²) in [5.74, 6) is -0.823. The molecule has 5 N–H and O–H groups in total. The molecule has 0 bridgehead atoms. The van der Waals surface area contributed by atoms with Crippen LogP contribution in [0.1, 0.15) is 22.6 Å². The number of anilines is 1. The average Bonchev–Trinajstić information content (AvgIpc) is 2.40. The van der Waals surface area contributed by atoms with Crippen LogP contribution in [0.4, 0.5) is 5.69 Å². The summed E-state index contributed by atoms with van der Waals surface area (Å²) in [4.78, 5) is 22.2. The molecule has 1 heterocycles. The third kappa shape index (κ3) is 2.50. The van der Waals surface area contributed by atoms with Gasteiger partial charge in [-0.3, -0.25) is 14.3 Å². The Hall–Kier alpha value is -2.05. The average molecular weight is 225 g/mol. The molecule has 1 aromatic heterocycles. The zero-order chi connectivity index (χ0) is 12.3. The van der Waals surface area contributed by atoms with Crippen molar-refractivity contribution < 1.29 is 9.59 Å². The van der Waals surface area contributed by atoms with Gasteiger partial charge in [0.15, 0.2) is 0 Å². The number of primary amides is 1. The van der Waals surface area contributed by atoms with Crippen molar-refractivity contribution in [3.63, 3.8) is 0 Å². The van der Waals surface area contributed by atoms with Crippen molar-refractivity contribution in [2.75, 3.05) is 12.3 Å². The van der Waals surface area contributed by atoms with E-state index >= 15 is 0 Å². The molecule has 7 heteroatoms. The molecule has 0 aliphatic carbocycles. The normalized spacial score (nSPS) is 10.1. The summed E-state index contributed by atoms with van der Waals surface area (Å²) in [7, 11) is 1.63. The van der Waals surface area contributed by atoms with Gasteiger partial charge >= 0.3 is 0 Å². The molecule has 0 saturated heterocycles. The Kier molecular flexibility index (Phi) is 3.49. The van der Waals surface area contributed by atoms with Gasteiger partial charge < -0.3 is 16.8 Å². The Balaban J connectivity index is 2.70. The lowest BCUT2D eigenvalue weighted by Gasteiger charge is -2.04. The molecule has 0 unspecified atom stereocenters. The molecule has 2 amide bonds. The van der Waals surface area contributed by atoms with Gasteiger partial charge in [0.1, 0.15) is 5.69 Å². The molecular weight excluding hydrogens is 210 g/mol. The van der Waals surface area contributed by atoms with Crippen LogP contribution < -0.4 is 16.8 Å². The van der Waals surface area contributed by atoms with Crippen molar-refractivity contribution in [3.05, 3.63) is 11.4 Å². The first-order chi connectivity index (χ1) is 7.43. The van der Waals surface area contributed by atoms with Gasteiger partial charge in [-0.15, -0.1) is 0 Å². The van der Waals surface area contributed by atoms with Crippen molar-refractivity contribution in [1.29, 1.82) is 0 Å². The van der Waals surface area contributed by atoms with E-state index in [4.69, 9.17) is 11.5 Å². The number of carbonyl (C=O) groups is 2. The van der Waals surface area contributed by atoms with Crippen LogP contribution in [0.15, 0.2) is 0 Å². The van der Waals surface area contributed by atoms with E-state index in [2.05, 4.69) is 10.4 Å². The fourth-order valence-corrected chi connectivity index (χ4v) is 1.33. The van der Waals surface area contributed by atoms with Gasteiger partial charge in [0.25, 0.3) is 5.91 Å². The summed E-state index contributed by atoms with van der Waals surface area (Å²) >= 11 is 0. The Bertz CT molecular complexity index is 424. The van der Waals surface area contributed by atoms with Gasteiger partial charge in [0.05, 0.1) is 11.4 Å². The van der Waals surface area contributed by atoms with Crippen molar-refractivity contribution >= 4 is 17.5 Å². The maximum atomic E-state index is 11.7. The molecule has 0 fully saturated rings. The predicted octanol–water partition coefficient (Wildman–Crippen LogP) is -1.08. The zero-order valence-electron chi connectivity index (χ0n) is 9.28. The lowest BCUT2D eigenvalue weighted by molar-refractivity contribution is -0.117. The second-order valence-corrected chi connectivity index (χ2v) is 3.44.